The van der Waals surface area contributed by atoms with Crippen LogP contribution in [0.4, 0.5) is 0 Å². The Morgan fingerprint density at radius 2 is 2.04 bits per heavy atom. The molecule has 0 saturated heterocycles. The second-order valence-corrected chi connectivity index (χ2v) is 5.95. The van der Waals surface area contributed by atoms with Crippen LogP contribution in [-0.4, -0.2) is 34.8 Å². The number of H-pyrrole nitrogens is 1. The number of ether oxygens (including phenoxy) is 2. The van der Waals surface area contributed by atoms with Gasteiger partial charge in [0.15, 0.2) is 17.3 Å². The minimum Gasteiger partial charge on any atom is -0.493 e. The molecule has 1 N–H and O–H groups in total. The molecule has 0 aliphatic rings. The lowest BCUT2D eigenvalue weighted by Gasteiger charge is -2.09. The summed E-state index contributed by atoms with van der Waals surface area (Å²) in [6, 6.07) is 13.6. The van der Waals surface area contributed by atoms with E-state index in [1.165, 1.54) is 0 Å². The summed E-state index contributed by atoms with van der Waals surface area (Å²) in [5.41, 5.74) is 2.94. The van der Waals surface area contributed by atoms with E-state index < -0.39 is 0 Å². The van der Waals surface area contributed by atoms with Gasteiger partial charge >= 0.3 is 0 Å². The smallest absolute Gasteiger partial charge is 0.216 e. The molecule has 0 atom stereocenters. The van der Waals surface area contributed by atoms with Gasteiger partial charge < -0.3 is 9.47 Å². The predicted octanol–water partition coefficient (Wildman–Crippen LogP) is 4.21. The first-order valence-electron chi connectivity index (χ1n) is 8.22. The fourth-order valence-electron chi connectivity index (χ4n) is 2.56. The van der Waals surface area contributed by atoms with Crippen molar-refractivity contribution in [3.63, 3.8) is 0 Å². The Balaban J connectivity index is 1.96. The number of aromatic amines is 1. The normalized spacial score (nSPS) is 11.0. The van der Waals surface area contributed by atoms with Crippen molar-refractivity contribution in [1.82, 2.24) is 14.9 Å². The number of hydrogen-bond donors (Lipinski definition) is 1. The molecular formula is C19H20N4O2S. The molecule has 7 heteroatoms. The summed E-state index contributed by atoms with van der Waals surface area (Å²) in [7, 11) is 1.61. The fourth-order valence-corrected chi connectivity index (χ4v) is 2.74. The number of rotatable bonds is 6. The largest absolute Gasteiger partial charge is 0.493 e. The van der Waals surface area contributed by atoms with Crippen LogP contribution in [0.15, 0.2) is 47.6 Å². The molecule has 1 heterocycles. The monoisotopic (exact) mass is 368 g/mol. The van der Waals surface area contributed by atoms with Gasteiger partial charge in [0.1, 0.15) is 0 Å². The van der Waals surface area contributed by atoms with E-state index in [0.29, 0.717) is 28.7 Å². The maximum atomic E-state index is 5.54. The molecule has 26 heavy (non-hydrogen) atoms. The number of hydrogen-bond acceptors (Lipinski definition) is 5. The summed E-state index contributed by atoms with van der Waals surface area (Å²) < 4.78 is 13.0. The van der Waals surface area contributed by atoms with Crippen LogP contribution in [0.5, 0.6) is 11.5 Å². The molecule has 0 aliphatic heterocycles. The minimum atomic E-state index is 0.428. The van der Waals surface area contributed by atoms with Crippen molar-refractivity contribution in [2.24, 2.45) is 5.10 Å². The van der Waals surface area contributed by atoms with Crippen molar-refractivity contribution in [3.05, 3.63) is 58.4 Å². The fraction of sp³-hybridized carbons (Fsp3) is 0.211. The van der Waals surface area contributed by atoms with Gasteiger partial charge in [0.2, 0.25) is 4.77 Å². The van der Waals surface area contributed by atoms with Crippen molar-refractivity contribution in [2.75, 3.05) is 13.7 Å². The maximum Gasteiger partial charge on any atom is 0.216 e. The summed E-state index contributed by atoms with van der Waals surface area (Å²) in [6.07, 6.45) is 1.71. The van der Waals surface area contributed by atoms with Gasteiger partial charge in [0.25, 0.3) is 0 Å². The SMILES string of the molecule is CCOc1ccc(/C=N\n2c(-c3ccccc3C)n[nH]c2=S)cc1OC. The van der Waals surface area contributed by atoms with Gasteiger partial charge in [0.05, 0.1) is 19.9 Å². The topological polar surface area (TPSA) is 64.4 Å². The third kappa shape index (κ3) is 3.67. The number of nitrogens with zero attached hydrogens (tertiary/aromatic N) is 3. The third-order valence-electron chi connectivity index (χ3n) is 3.85. The molecule has 0 unspecified atom stereocenters. The van der Waals surface area contributed by atoms with Crippen molar-refractivity contribution < 1.29 is 9.47 Å². The zero-order valence-corrected chi connectivity index (χ0v) is 15.7. The quantitative estimate of drug-likeness (QED) is 0.523. The molecule has 0 bridgehead atoms. The number of benzene rings is 2. The lowest BCUT2D eigenvalue weighted by molar-refractivity contribution is 0.311. The van der Waals surface area contributed by atoms with E-state index in [4.69, 9.17) is 21.7 Å². The van der Waals surface area contributed by atoms with Crippen molar-refractivity contribution >= 4 is 18.4 Å². The van der Waals surface area contributed by atoms with E-state index >= 15 is 0 Å². The van der Waals surface area contributed by atoms with Crippen molar-refractivity contribution in [2.45, 2.75) is 13.8 Å². The highest BCUT2D eigenvalue weighted by molar-refractivity contribution is 7.71. The molecule has 0 fully saturated rings. The molecule has 6 nitrogen and oxygen atoms in total. The van der Waals surface area contributed by atoms with E-state index in [9.17, 15) is 0 Å². The number of nitrogens with one attached hydrogen (secondary N) is 1. The second-order valence-electron chi connectivity index (χ2n) is 5.57. The van der Waals surface area contributed by atoms with Crippen molar-refractivity contribution in [3.8, 4) is 22.9 Å². The number of aryl methyl sites for hydroxylation is 1. The van der Waals surface area contributed by atoms with Gasteiger partial charge in [0, 0.05) is 5.56 Å². The average molecular weight is 368 g/mol. The van der Waals surface area contributed by atoms with Crippen molar-refractivity contribution in [1.29, 1.82) is 0 Å². The van der Waals surface area contributed by atoms with E-state index in [1.807, 2.05) is 56.3 Å². The molecule has 0 spiro atoms. The van der Waals surface area contributed by atoms with Crippen LogP contribution in [0.1, 0.15) is 18.1 Å². The Hall–Kier alpha value is -2.93. The highest BCUT2D eigenvalue weighted by atomic mass is 32.1. The van der Waals surface area contributed by atoms with Crippen LogP contribution in [0.2, 0.25) is 0 Å². The van der Waals surface area contributed by atoms with Gasteiger partial charge in [-0.05, 0) is 55.4 Å². The Morgan fingerprint density at radius 1 is 1.23 bits per heavy atom. The first kappa shape index (κ1) is 17.9. The van der Waals surface area contributed by atoms with Crippen LogP contribution in [0.3, 0.4) is 0 Å². The summed E-state index contributed by atoms with van der Waals surface area (Å²) in [6.45, 7) is 4.54. The molecule has 0 aliphatic carbocycles. The molecule has 134 valence electrons. The van der Waals surface area contributed by atoms with E-state index in [-0.39, 0.29) is 0 Å². The van der Waals surface area contributed by atoms with Gasteiger partial charge in [-0.15, -0.1) is 0 Å². The van der Waals surface area contributed by atoms with Crippen LogP contribution in [0.25, 0.3) is 11.4 Å². The Kier molecular flexibility index (Phi) is 5.48. The molecule has 0 amide bonds. The van der Waals surface area contributed by atoms with Gasteiger partial charge in [-0.2, -0.15) is 14.9 Å². The van der Waals surface area contributed by atoms with Gasteiger partial charge in [-0.3, -0.25) is 0 Å². The number of aromatic nitrogens is 3. The van der Waals surface area contributed by atoms with Gasteiger partial charge in [-0.25, -0.2) is 5.10 Å². The lowest BCUT2D eigenvalue weighted by atomic mass is 10.1. The van der Waals surface area contributed by atoms with E-state index in [1.54, 1.807) is 18.0 Å². The molecule has 0 radical (unpaired) electrons. The molecule has 2 aromatic carbocycles. The second kappa shape index (κ2) is 7.97. The van der Waals surface area contributed by atoms with Crippen LogP contribution in [-0.2, 0) is 0 Å². The first-order chi connectivity index (χ1) is 12.6. The Bertz CT molecular complexity index is 991. The first-order valence-corrected chi connectivity index (χ1v) is 8.63. The molecular weight excluding hydrogens is 348 g/mol. The van der Waals surface area contributed by atoms with Crippen LogP contribution >= 0.6 is 12.2 Å². The summed E-state index contributed by atoms with van der Waals surface area (Å²) in [4.78, 5) is 0. The van der Waals surface area contributed by atoms with Crippen LogP contribution in [0, 0.1) is 11.7 Å². The Morgan fingerprint density at radius 3 is 2.77 bits per heavy atom. The summed E-state index contributed by atoms with van der Waals surface area (Å²) in [5.74, 6) is 2.03. The predicted molar refractivity (Wildman–Crippen MR) is 105 cm³/mol. The molecule has 1 aromatic heterocycles. The minimum absolute atomic E-state index is 0.428. The molecule has 3 aromatic rings. The van der Waals surface area contributed by atoms with Gasteiger partial charge in [-0.1, -0.05) is 24.3 Å². The Labute approximate surface area is 157 Å². The summed E-state index contributed by atoms with van der Waals surface area (Å²) >= 11 is 5.32. The molecule has 3 rings (SSSR count). The zero-order chi connectivity index (χ0) is 18.5. The third-order valence-corrected chi connectivity index (χ3v) is 4.11. The lowest BCUT2D eigenvalue weighted by Crippen LogP contribution is -1.98. The molecule has 0 saturated carbocycles. The number of methoxy groups -OCH3 is 1. The highest BCUT2D eigenvalue weighted by Crippen LogP contribution is 2.27. The average Bonchev–Trinajstić information content (AvgIpc) is 3.02. The maximum absolute atomic E-state index is 5.54. The highest BCUT2D eigenvalue weighted by Gasteiger charge is 2.10. The van der Waals surface area contributed by atoms with Crippen LogP contribution < -0.4 is 9.47 Å². The van der Waals surface area contributed by atoms with E-state index in [0.717, 1.165) is 16.7 Å². The standard InChI is InChI=1S/C19H20N4O2S/c1-4-25-16-10-9-14(11-17(16)24-3)12-20-23-18(21-22-19(23)26)15-8-6-5-7-13(15)2/h5-12H,4H2,1-3H3,(H,22,26)/b20-12-. The summed E-state index contributed by atoms with van der Waals surface area (Å²) in [5, 5.41) is 11.6. The zero-order valence-electron chi connectivity index (χ0n) is 14.9. The van der Waals surface area contributed by atoms with E-state index in [2.05, 4.69) is 15.3 Å².